The van der Waals surface area contributed by atoms with Gasteiger partial charge in [0.2, 0.25) is 0 Å². The lowest BCUT2D eigenvalue weighted by Crippen LogP contribution is -2.25. The normalized spacial score (nSPS) is 15.6. The van der Waals surface area contributed by atoms with E-state index in [1.165, 1.54) is 12.1 Å². The van der Waals surface area contributed by atoms with Gasteiger partial charge >= 0.3 is 6.18 Å². The summed E-state index contributed by atoms with van der Waals surface area (Å²) in [5.74, 6) is -0.477. The lowest BCUT2D eigenvalue weighted by atomic mass is 9.81. The van der Waals surface area contributed by atoms with Crippen LogP contribution in [0.15, 0.2) is 60.8 Å². The second kappa shape index (κ2) is 6.72. The van der Waals surface area contributed by atoms with Crippen molar-refractivity contribution in [3.05, 3.63) is 77.5 Å². The van der Waals surface area contributed by atoms with Crippen LogP contribution in [-0.4, -0.2) is 10.1 Å². The highest BCUT2D eigenvalue weighted by atomic mass is 19.4. The Labute approximate surface area is 150 Å². The van der Waals surface area contributed by atoms with E-state index in [0.29, 0.717) is 5.56 Å². The van der Waals surface area contributed by atoms with E-state index in [2.05, 4.69) is 4.98 Å². The topological polar surface area (TPSA) is 33.1 Å². The van der Waals surface area contributed by atoms with Gasteiger partial charge in [-0.2, -0.15) is 13.2 Å². The molecule has 0 saturated carbocycles. The van der Waals surface area contributed by atoms with E-state index in [1.54, 1.807) is 32.2 Å². The Hall–Kier alpha value is -2.40. The molecule has 26 heavy (non-hydrogen) atoms. The molecule has 0 aliphatic heterocycles. The molecule has 0 radical (unpaired) electrons. The van der Waals surface area contributed by atoms with Crippen molar-refractivity contribution in [2.45, 2.75) is 38.0 Å². The minimum atomic E-state index is -4.42. The van der Waals surface area contributed by atoms with Crippen molar-refractivity contribution >= 4 is 10.9 Å². The lowest BCUT2D eigenvalue weighted by Gasteiger charge is -2.29. The largest absolute Gasteiger partial charge is 0.416 e. The molecule has 2 unspecified atom stereocenters. The molecule has 1 N–H and O–H groups in total. The summed E-state index contributed by atoms with van der Waals surface area (Å²) in [5, 5.41) is 11.9. The predicted molar refractivity (Wildman–Crippen MR) is 95.8 cm³/mol. The molecule has 1 heterocycles. The first-order valence-corrected chi connectivity index (χ1v) is 8.43. The summed E-state index contributed by atoms with van der Waals surface area (Å²) in [6.07, 6.45) is -2.64. The fraction of sp³-hybridized carbons (Fsp3) is 0.286. The number of benzene rings is 2. The van der Waals surface area contributed by atoms with Crippen molar-refractivity contribution in [1.29, 1.82) is 0 Å². The van der Waals surface area contributed by atoms with Crippen molar-refractivity contribution in [3.8, 4) is 0 Å². The Bertz CT molecular complexity index is 913. The maximum Gasteiger partial charge on any atom is 0.416 e. The van der Waals surface area contributed by atoms with Crippen molar-refractivity contribution in [1.82, 2.24) is 4.98 Å². The summed E-state index contributed by atoms with van der Waals surface area (Å²) in [5.41, 5.74) is -0.338. The Morgan fingerprint density at radius 1 is 0.962 bits per heavy atom. The van der Waals surface area contributed by atoms with Crippen LogP contribution in [0.3, 0.4) is 0 Å². The van der Waals surface area contributed by atoms with Crippen LogP contribution >= 0.6 is 0 Å². The number of halogens is 3. The summed E-state index contributed by atoms with van der Waals surface area (Å²) >= 11 is 0. The van der Waals surface area contributed by atoms with E-state index in [0.717, 1.165) is 17.0 Å². The number of alkyl halides is 3. The van der Waals surface area contributed by atoms with Crippen molar-refractivity contribution < 1.29 is 18.3 Å². The fourth-order valence-electron chi connectivity index (χ4n) is 3.57. The van der Waals surface area contributed by atoms with E-state index in [9.17, 15) is 18.3 Å². The first-order valence-electron chi connectivity index (χ1n) is 8.43. The van der Waals surface area contributed by atoms with Gasteiger partial charge in [-0.15, -0.1) is 0 Å². The van der Waals surface area contributed by atoms with Gasteiger partial charge in [-0.05, 0) is 48.6 Å². The van der Waals surface area contributed by atoms with Crippen LogP contribution in [0.2, 0.25) is 0 Å². The van der Waals surface area contributed by atoms with Crippen LogP contribution in [-0.2, 0) is 11.8 Å². The molecule has 2 nitrogen and oxygen atoms in total. The molecule has 3 rings (SSSR count). The standard InChI is InChI=1S/C21H20F3NO/c1-14(15-7-3-5-9-18(15)21(22,23)24)13-20(2,26)17-11-12-25-19-10-6-4-8-16(17)19/h3-12,14,26H,13H2,1-2H3. The van der Waals surface area contributed by atoms with E-state index in [-0.39, 0.29) is 12.0 Å². The van der Waals surface area contributed by atoms with Crippen LogP contribution in [0, 0.1) is 0 Å². The van der Waals surface area contributed by atoms with Gasteiger partial charge in [-0.3, -0.25) is 4.98 Å². The molecule has 1 aromatic heterocycles. The van der Waals surface area contributed by atoms with Crippen LogP contribution in [0.5, 0.6) is 0 Å². The third-order valence-corrected chi connectivity index (χ3v) is 4.73. The summed E-state index contributed by atoms with van der Waals surface area (Å²) in [4.78, 5) is 4.28. The van der Waals surface area contributed by atoms with Gasteiger partial charge in [-0.25, -0.2) is 0 Å². The molecule has 0 amide bonds. The molecular weight excluding hydrogens is 339 g/mol. The van der Waals surface area contributed by atoms with E-state index >= 15 is 0 Å². The Kier molecular flexibility index (Phi) is 4.76. The first kappa shape index (κ1) is 18.4. The van der Waals surface area contributed by atoms with E-state index in [4.69, 9.17) is 0 Å². The molecule has 0 aliphatic rings. The SMILES string of the molecule is CC(CC(C)(O)c1ccnc2ccccc12)c1ccccc1C(F)(F)F. The van der Waals surface area contributed by atoms with Gasteiger partial charge in [0.15, 0.2) is 0 Å². The smallest absolute Gasteiger partial charge is 0.385 e. The number of rotatable bonds is 4. The van der Waals surface area contributed by atoms with Crippen LogP contribution in [0.4, 0.5) is 13.2 Å². The summed E-state index contributed by atoms with van der Waals surface area (Å²) in [7, 11) is 0. The Balaban J connectivity index is 1.97. The molecule has 0 fully saturated rings. The number of aromatic nitrogens is 1. The number of pyridine rings is 1. The third kappa shape index (κ3) is 3.58. The van der Waals surface area contributed by atoms with Gasteiger partial charge < -0.3 is 5.11 Å². The van der Waals surface area contributed by atoms with Crippen molar-refractivity contribution in [2.75, 3.05) is 0 Å². The summed E-state index contributed by atoms with van der Waals surface area (Å²) in [6.45, 7) is 3.35. The van der Waals surface area contributed by atoms with Gasteiger partial charge in [0.1, 0.15) is 0 Å². The molecule has 0 bridgehead atoms. The van der Waals surface area contributed by atoms with Gasteiger partial charge in [-0.1, -0.05) is 43.3 Å². The minimum absolute atomic E-state index is 0.161. The molecule has 2 atom stereocenters. The highest BCUT2D eigenvalue weighted by Crippen LogP contribution is 2.40. The second-order valence-corrected chi connectivity index (χ2v) is 6.84. The zero-order chi connectivity index (χ0) is 18.9. The van der Waals surface area contributed by atoms with E-state index in [1.807, 2.05) is 24.3 Å². The summed E-state index contributed by atoms with van der Waals surface area (Å²) < 4.78 is 39.9. The Morgan fingerprint density at radius 2 is 1.62 bits per heavy atom. The molecule has 3 aromatic rings. The summed E-state index contributed by atoms with van der Waals surface area (Å²) in [6, 6.07) is 14.7. The fourth-order valence-corrected chi connectivity index (χ4v) is 3.57. The number of hydrogen-bond acceptors (Lipinski definition) is 2. The van der Waals surface area contributed by atoms with Crippen molar-refractivity contribution in [3.63, 3.8) is 0 Å². The minimum Gasteiger partial charge on any atom is -0.385 e. The molecule has 2 aromatic carbocycles. The predicted octanol–water partition coefficient (Wildman–Crippen LogP) is 5.65. The van der Waals surface area contributed by atoms with Gasteiger partial charge in [0.25, 0.3) is 0 Å². The monoisotopic (exact) mass is 359 g/mol. The second-order valence-electron chi connectivity index (χ2n) is 6.84. The Morgan fingerprint density at radius 3 is 2.35 bits per heavy atom. The molecule has 0 spiro atoms. The number of fused-ring (bicyclic) bond motifs is 1. The van der Waals surface area contributed by atoms with E-state index < -0.39 is 23.3 Å². The molecule has 136 valence electrons. The average molecular weight is 359 g/mol. The zero-order valence-electron chi connectivity index (χ0n) is 14.6. The maximum atomic E-state index is 13.3. The first-order chi connectivity index (χ1) is 12.2. The van der Waals surface area contributed by atoms with Gasteiger partial charge in [0, 0.05) is 11.6 Å². The van der Waals surface area contributed by atoms with Crippen LogP contribution in [0.25, 0.3) is 10.9 Å². The average Bonchev–Trinajstić information content (AvgIpc) is 2.60. The lowest BCUT2D eigenvalue weighted by molar-refractivity contribution is -0.138. The van der Waals surface area contributed by atoms with Crippen LogP contribution < -0.4 is 0 Å². The highest BCUT2D eigenvalue weighted by Gasteiger charge is 2.36. The quantitative estimate of drug-likeness (QED) is 0.652. The number of hydrogen-bond donors (Lipinski definition) is 1. The third-order valence-electron chi connectivity index (χ3n) is 4.73. The van der Waals surface area contributed by atoms with Crippen LogP contribution in [0.1, 0.15) is 42.9 Å². The molecule has 0 saturated heterocycles. The number of aliphatic hydroxyl groups is 1. The molecule has 0 aliphatic carbocycles. The van der Waals surface area contributed by atoms with Gasteiger partial charge in [0.05, 0.1) is 16.7 Å². The molecular formula is C21H20F3NO. The molecule has 5 heteroatoms. The van der Waals surface area contributed by atoms with Crippen molar-refractivity contribution in [2.24, 2.45) is 0 Å². The maximum absolute atomic E-state index is 13.3. The number of para-hydroxylation sites is 1. The number of nitrogens with zero attached hydrogens (tertiary/aromatic N) is 1. The highest BCUT2D eigenvalue weighted by molar-refractivity contribution is 5.82. The zero-order valence-corrected chi connectivity index (χ0v) is 14.6.